The first-order valence-electron chi connectivity index (χ1n) is 12.4. The Kier molecular flexibility index (Phi) is 5.87. The Balaban J connectivity index is 1.80. The molecule has 1 aliphatic rings. The number of fused-ring (bicyclic) bond motifs is 3. The number of likely N-dealkylation sites (tertiary alicyclic amines) is 1. The van der Waals surface area contributed by atoms with Crippen LogP contribution in [0.2, 0.25) is 0 Å². The third kappa shape index (κ3) is 3.79. The van der Waals surface area contributed by atoms with Crippen LogP contribution in [0, 0.1) is 13.8 Å². The van der Waals surface area contributed by atoms with Crippen molar-refractivity contribution in [1.82, 2.24) is 18.6 Å². The van der Waals surface area contributed by atoms with Crippen LogP contribution in [0.25, 0.3) is 27.6 Å². The molecule has 7 nitrogen and oxygen atoms in total. The maximum absolute atomic E-state index is 13.9. The van der Waals surface area contributed by atoms with Crippen LogP contribution in [0.4, 0.5) is 0 Å². The van der Waals surface area contributed by atoms with Gasteiger partial charge in [0, 0.05) is 25.0 Å². The lowest BCUT2D eigenvalue weighted by atomic mass is 10.00. The molecule has 1 aliphatic heterocycles. The summed E-state index contributed by atoms with van der Waals surface area (Å²) < 4.78 is 4.56. The number of hydrogen-bond donors (Lipinski definition) is 0. The quantitative estimate of drug-likeness (QED) is 0.450. The number of piperidine rings is 1. The fourth-order valence-corrected chi connectivity index (χ4v) is 5.51. The molecule has 182 valence electrons. The molecular formula is C28H32N4O3. The number of aryl methyl sites for hydroxylation is 3. The topological polar surface area (TPSA) is 69.2 Å². The second-order valence-electron chi connectivity index (χ2n) is 9.77. The molecule has 3 heterocycles. The van der Waals surface area contributed by atoms with Crippen LogP contribution in [0.1, 0.15) is 43.7 Å². The molecule has 0 aliphatic carbocycles. The minimum absolute atomic E-state index is 0.0706. The van der Waals surface area contributed by atoms with Gasteiger partial charge in [0.25, 0.3) is 5.56 Å². The summed E-state index contributed by atoms with van der Waals surface area (Å²) in [6.07, 6.45) is 3.98. The van der Waals surface area contributed by atoms with E-state index in [2.05, 4.69) is 6.92 Å². The average Bonchev–Trinajstić information content (AvgIpc) is 3.14. The van der Waals surface area contributed by atoms with Crippen molar-refractivity contribution >= 4 is 27.8 Å². The van der Waals surface area contributed by atoms with Gasteiger partial charge in [-0.15, -0.1) is 0 Å². The summed E-state index contributed by atoms with van der Waals surface area (Å²) in [5.41, 5.74) is 3.51. The highest BCUT2D eigenvalue weighted by atomic mass is 16.2. The molecule has 0 spiro atoms. The number of rotatable bonds is 4. The third-order valence-electron chi connectivity index (χ3n) is 7.43. The number of aromatic nitrogens is 3. The molecule has 4 aromatic rings. The lowest BCUT2D eigenvalue weighted by Crippen LogP contribution is -2.47. The number of amides is 1. The fourth-order valence-electron chi connectivity index (χ4n) is 5.51. The molecule has 2 aromatic heterocycles. The highest BCUT2D eigenvalue weighted by Gasteiger charge is 2.28. The van der Waals surface area contributed by atoms with Crippen LogP contribution < -0.4 is 11.2 Å². The van der Waals surface area contributed by atoms with Crippen molar-refractivity contribution in [2.75, 3.05) is 6.54 Å². The van der Waals surface area contributed by atoms with Crippen LogP contribution >= 0.6 is 0 Å². The van der Waals surface area contributed by atoms with E-state index in [9.17, 15) is 14.4 Å². The summed E-state index contributed by atoms with van der Waals surface area (Å²) in [5, 5.41) is 0.811. The van der Waals surface area contributed by atoms with Crippen molar-refractivity contribution in [1.29, 1.82) is 0 Å². The first-order chi connectivity index (χ1) is 16.8. The molecule has 35 heavy (non-hydrogen) atoms. The van der Waals surface area contributed by atoms with Gasteiger partial charge in [0.15, 0.2) is 0 Å². The van der Waals surface area contributed by atoms with E-state index < -0.39 is 5.69 Å². The average molecular weight is 473 g/mol. The molecule has 0 saturated carbocycles. The van der Waals surface area contributed by atoms with E-state index in [1.165, 1.54) is 9.13 Å². The Labute approximate surface area is 204 Å². The molecule has 1 saturated heterocycles. The second-order valence-corrected chi connectivity index (χ2v) is 9.77. The SMILES string of the molecule is CCC1CCCCN1C(=O)Cn1c(=O)n(-c2ccc(C)cc2)c(=O)c2c1c1cc(C)ccc1n2C. The van der Waals surface area contributed by atoms with Gasteiger partial charge in [0.1, 0.15) is 12.1 Å². The van der Waals surface area contributed by atoms with Crippen molar-refractivity contribution in [3.05, 3.63) is 74.4 Å². The van der Waals surface area contributed by atoms with Gasteiger partial charge in [0.2, 0.25) is 5.91 Å². The highest BCUT2D eigenvalue weighted by molar-refractivity contribution is 6.06. The number of hydrogen-bond acceptors (Lipinski definition) is 3. The van der Waals surface area contributed by atoms with Crippen molar-refractivity contribution < 1.29 is 4.79 Å². The van der Waals surface area contributed by atoms with Crippen LogP contribution in [0.5, 0.6) is 0 Å². The predicted molar refractivity (Wildman–Crippen MR) is 139 cm³/mol. The molecular weight excluding hydrogens is 440 g/mol. The number of carbonyl (C=O) groups excluding carboxylic acids is 1. The summed E-state index contributed by atoms with van der Waals surface area (Å²) in [6.45, 7) is 6.67. The van der Waals surface area contributed by atoms with E-state index in [-0.39, 0.29) is 24.1 Å². The van der Waals surface area contributed by atoms with Gasteiger partial charge in [-0.3, -0.25) is 14.2 Å². The van der Waals surface area contributed by atoms with Gasteiger partial charge in [-0.05, 0) is 63.8 Å². The molecule has 1 fully saturated rings. The third-order valence-corrected chi connectivity index (χ3v) is 7.43. The minimum Gasteiger partial charge on any atom is -0.338 e. The lowest BCUT2D eigenvalue weighted by molar-refractivity contribution is -0.135. The van der Waals surface area contributed by atoms with Gasteiger partial charge < -0.3 is 9.47 Å². The Morgan fingerprint density at radius 1 is 0.971 bits per heavy atom. The Hall–Kier alpha value is -3.61. The first-order valence-corrected chi connectivity index (χ1v) is 12.4. The molecule has 1 amide bonds. The maximum Gasteiger partial charge on any atom is 0.336 e. The van der Waals surface area contributed by atoms with Crippen molar-refractivity contribution in [3.63, 3.8) is 0 Å². The predicted octanol–water partition coefficient (Wildman–Crippen LogP) is 4.05. The molecule has 7 heteroatoms. The lowest BCUT2D eigenvalue weighted by Gasteiger charge is -2.35. The van der Waals surface area contributed by atoms with Gasteiger partial charge >= 0.3 is 5.69 Å². The number of carbonyl (C=O) groups is 1. The van der Waals surface area contributed by atoms with Crippen LogP contribution in [0.15, 0.2) is 52.1 Å². The summed E-state index contributed by atoms with van der Waals surface area (Å²) in [6, 6.07) is 13.5. The molecule has 0 radical (unpaired) electrons. The van der Waals surface area contributed by atoms with Gasteiger partial charge in [-0.25, -0.2) is 9.36 Å². The first kappa shape index (κ1) is 23.1. The molecule has 1 atom stereocenters. The van der Waals surface area contributed by atoms with Crippen molar-refractivity contribution in [2.24, 2.45) is 7.05 Å². The monoisotopic (exact) mass is 472 g/mol. The summed E-state index contributed by atoms with van der Waals surface area (Å²) in [7, 11) is 1.84. The zero-order valence-electron chi connectivity index (χ0n) is 20.9. The maximum atomic E-state index is 13.9. The molecule has 5 rings (SSSR count). The van der Waals surface area contributed by atoms with E-state index in [1.807, 2.05) is 60.7 Å². The standard InChI is InChI=1S/C28H32N4O3/c1-5-20-8-6-7-15-30(20)24(33)17-31-25-22-16-19(3)11-14-23(22)29(4)26(25)27(34)32(28(31)35)21-12-9-18(2)10-13-21/h9-14,16,20H,5-8,15,17H2,1-4H3. The number of nitrogens with zero attached hydrogens (tertiary/aromatic N) is 4. The van der Waals surface area contributed by atoms with E-state index in [0.717, 1.165) is 47.7 Å². The van der Waals surface area contributed by atoms with E-state index >= 15 is 0 Å². The van der Waals surface area contributed by atoms with Crippen LogP contribution in [-0.4, -0.2) is 37.1 Å². The van der Waals surface area contributed by atoms with E-state index in [4.69, 9.17) is 0 Å². The Bertz CT molecular complexity index is 1560. The Morgan fingerprint density at radius 2 is 1.69 bits per heavy atom. The molecule has 0 N–H and O–H groups in total. The number of benzene rings is 2. The molecule has 2 aromatic carbocycles. The highest BCUT2D eigenvalue weighted by Crippen LogP contribution is 2.27. The fraction of sp³-hybridized carbons (Fsp3) is 0.393. The van der Waals surface area contributed by atoms with Gasteiger partial charge in [0.05, 0.1) is 16.7 Å². The van der Waals surface area contributed by atoms with Crippen molar-refractivity contribution in [3.8, 4) is 5.69 Å². The second kappa shape index (κ2) is 8.87. The zero-order chi connectivity index (χ0) is 24.9. The normalized spacial score (nSPS) is 16.3. The summed E-state index contributed by atoms with van der Waals surface area (Å²) in [4.78, 5) is 43.2. The van der Waals surface area contributed by atoms with Gasteiger partial charge in [-0.1, -0.05) is 36.2 Å². The van der Waals surface area contributed by atoms with E-state index in [0.29, 0.717) is 23.3 Å². The molecule has 0 bridgehead atoms. The smallest absolute Gasteiger partial charge is 0.336 e. The minimum atomic E-state index is -0.487. The summed E-state index contributed by atoms with van der Waals surface area (Å²) in [5.74, 6) is -0.0706. The summed E-state index contributed by atoms with van der Waals surface area (Å²) >= 11 is 0. The van der Waals surface area contributed by atoms with E-state index in [1.54, 1.807) is 12.1 Å². The largest absolute Gasteiger partial charge is 0.338 e. The van der Waals surface area contributed by atoms with Crippen molar-refractivity contribution in [2.45, 2.75) is 59.0 Å². The zero-order valence-corrected chi connectivity index (χ0v) is 20.9. The molecule has 1 unspecified atom stereocenters. The van der Waals surface area contributed by atoms with Crippen LogP contribution in [0.3, 0.4) is 0 Å². The van der Waals surface area contributed by atoms with Gasteiger partial charge in [-0.2, -0.15) is 0 Å². The Morgan fingerprint density at radius 3 is 2.40 bits per heavy atom. The van der Waals surface area contributed by atoms with Crippen LogP contribution in [-0.2, 0) is 18.4 Å².